The number of pyridine rings is 1. The number of H-pyrrole nitrogens is 2. The zero-order chi connectivity index (χ0) is 7.84. The summed E-state index contributed by atoms with van der Waals surface area (Å²) in [5.74, 6) is 0. The van der Waals surface area contributed by atoms with Gasteiger partial charge in [-0.1, -0.05) is 0 Å². The van der Waals surface area contributed by atoms with E-state index in [4.69, 9.17) is 0 Å². The second-order valence-corrected chi connectivity index (χ2v) is 2.57. The van der Waals surface area contributed by atoms with Crippen molar-refractivity contribution in [3.63, 3.8) is 0 Å². The summed E-state index contributed by atoms with van der Waals surface area (Å²) in [4.78, 5) is 16.6. The van der Waals surface area contributed by atoms with Gasteiger partial charge in [-0.2, -0.15) is 0 Å². The summed E-state index contributed by atoms with van der Waals surface area (Å²) in [7, 11) is 0. The van der Waals surface area contributed by atoms with E-state index in [1.165, 1.54) is 0 Å². The van der Waals surface area contributed by atoms with E-state index in [2.05, 4.69) is 9.97 Å². The SMILES string of the molecule is Cc1c[nH]c2c(=O)[nH]ccc12. The summed E-state index contributed by atoms with van der Waals surface area (Å²) >= 11 is 0. The topological polar surface area (TPSA) is 48.6 Å². The molecule has 0 aliphatic carbocycles. The summed E-state index contributed by atoms with van der Waals surface area (Å²) < 4.78 is 0. The molecule has 2 N–H and O–H groups in total. The molecule has 2 heterocycles. The van der Waals surface area contributed by atoms with Crippen LogP contribution in [-0.2, 0) is 0 Å². The van der Waals surface area contributed by atoms with Gasteiger partial charge in [0.15, 0.2) is 0 Å². The molecule has 2 rings (SSSR count). The van der Waals surface area contributed by atoms with Crippen LogP contribution in [0.5, 0.6) is 0 Å². The Hall–Kier alpha value is -1.51. The van der Waals surface area contributed by atoms with Gasteiger partial charge in [-0.3, -0.25) is 4.79 Å². The molecule has 0 fully saturated rings. The Labute approximate surface area is 63.1 Å². The first-order valence-corrected chi connectivity index (χ1v) is 3.44. The molecule has 0 unspecified atom stereocenters. The van der Waals surface area contributed by atoms with Crippen molar-refractivity contribution < 1.29 is 0 Å². The van der Waals surface area contributed by atoms with Crippen molar-refractivity contribution in [1.29, 1.82) is 0 Å². The van der Waals surface area contributed by atoms with Crippen molar-refractivity contribution >= 4 is 10.9 Å². The van der Waals surface area contributed by atoms with Crippen molar-refractivity contribution in [3.05, 3.63) is 34.4 Å². The van der Waals surface area contributed by atoms with Crippen LogP contribution in [0.1, 0.15) is 5.56 Å². The van der Waals surface area contributed by atoms with Crippen molar-refractivity contribution in [2.24, 2.45) is 0 Å². The second-order valence-electron chi connectivity index (χ2n) is 2.57. The maximum atomic E-state index is 11.1. The predicted molar refractivity (Wildman–Crippen MR) is 43.7 cm³/mol. The van der Waals surface area contributed by atoms with Gasteiger partial charge in [0.1, 0.15) is 5.52 Å². The number of fused-ring (bicyclic) bond motifs is 1. The van der Waals surface area contributed by atoms with Gasteiger partial charge in [0.2, 0.25) is 0 Å². The summed E-state index contributed by atoms with van der Waals surface area (Å²) in [6.45, 7) is 1.97. The fourth-order valence-corrected chi connectivity index (χ4v) is 1.21. The zero-order valence-corrected chi connectivity index (χ0v) is 6.14. The molecule has 11 heavy (non-hydrogen) atoms. The van der Waals surface area contributed by atoms with Gasteiger partial charge in [0, 0.05) is 17.8 Å². The fraction of sp³-hybridized carbons (Fsp3) is 0.125. The number of aromatic amines is 2. The minimum absolute atomic E-state index is 0.0596. The van der Waals surface area contributed by atoms with Gasteiger partial charge in [-0.05, 0) is 18.6 Å². The van der Waals surface area contributed by atoms with Crippen LogP contribution in [0, 0.1) is 6.92 Å². The van der Waals surface area contributed by atoms with E-state index in [-0.39, 0.29) is 5.56 Å². The third kappa shape index (κ3) is 0.774. The van der Waals surface area contributed by atoms with E-state index in [1.54, 1.807) is 6.20 Å². The Morgan fingerprint density at radius 1 is 1.36 bits per heavy atom. The Morgan fingerprint density at radius 3 is 2.91 bits per heavy atom. The molecule has 56 valence electrons. The number of rotatable bonds is 0. The smallest absolute Gasteiger partial charge is 0.272 e. The Bertz CT molecular complexity index is 439. The molecule has 3 heteroatoms. The lowest BCUT2D eigenvalue weighted by atomic mass is 10.2. The van der Waals surface area contributed by atoms with Crippen LogP contribution in [0.4, 0.5) is 0 Å². The maximum Gasteiger partial charge on any atom is 0.272 e. The number of aromatic nitrogens is 2. The molecule has 0 aromatic carbocycles. The van der Waals surface area contributed by atoms with Crippen LogP contribution in [0.3, 0.4) is 0 Å². The maximum absolute atomic E-state index is 11.1. The molecule has 0 atom stereocenters. The van der Waals surface area contributed by atoms with E-state index in [0.717, 1.165) is 10.9 Å². The highest BCUT2D eigenvalue weighted by Crippen LogP contribution is 2.11. The highest BCUT2D eigenvalue weighted by molar-refractivity contribution is 5.81. The molecule has 0 amide bonds. The van der Waals surface area contributed by atoms with Gasteiger partial charge in [0.25, 0.3) is 5.56 Å². The van der Waals surface area contributed by atoms with E-state index in [9.17, 15) is 4.79 Å². The molecule has 0 aliphatic heterocycles. The minimum Gasteiger partial charge on any atom is -0.356 e. The van der Waals surface area contributed by atoms with Gasteiger partial charge in [-0.15, -0.1) is 0 Å². The molecule has 2 aromatic rings. The molecule has 2 aromatic heterocycles. The molecular formula is C8H8N2O. The first-order valence-electron chi connectivity index (χ1n) is 3.44. The lowest BCUT2D eigenvalue weighted by Gasteiger charge is -1.87. The summed E-state index contributed by atoms with van der Waals surface area (Å²) in [6, 6.07) is 1.89. The molecule has 0 saturated carbocycles. The summed E-state index contributed by atoms with van der Waals surface area (Å²) in [5, 5.41) is 0.994. The lowest BCUT2D eigenvalue weighted by Crippen LogP contribution is -2.03. The normalized spacial score (nSPS) is 10.6. The van der Waals surface area contributed by atoms with E-state index >= 15 is 0 Å². The summed E-state index contributed by atoms with van der Waals surface area (Å²) in [6.07, 6.45) is 3.49. The standard InChI is InChI=1S/C8H8N2O/c1-5-4-10-7-6(5)2-3-9-8(7)11/h2-4,10H,1H3,(H,9,11). The van der Waals surface area contributed by atoms with Gasteiger partial charge in [0.05, 0.1) is 0 Å². The third-order valence-corrected chi connectivity index (χ3v) is 1.82. The quantitative estimate of drug-likeness (QED) is 0.578. The molecule has 0 radical (unpaired) electrons. The van der Waals surface area contributed by atoms with E-state index in [0.29, 0.717) is 5.52 Å². The van der Waals surface area contributed by atoms with Crippen LogP contribution in [0.25, 0.3) is 10.9 Å². The van der Waals surface area contributed by atoms with E-state index < -0.39 is 0 Å². The highest BCUT2D eigenvalue weighted by Gasteiger charge is 2.00. The zero-order valence-electron chi connectivity index (χ0n) is 6.14. The number of nitrogens with one attached hydrogen (secondary N) is 2. The average molecular weight is 148 g/mol. The number of hydrogen-bond donors (Lipinski definition) is 2. The molecular weight excluding hydrogens is 140 g/mol. The Morgan fingerprint density at radius 2 is 2.18 bits per heavy atom. The number of hydrogen-bond acceptors (Lipinski definition) is 1. The van der Waals surface area contributed by atoms with Gasteiger partial charge in [-0.25, -0.2) is 0 Å². The molecule has 0 aliphatic rings. The van der Waals surface area contributed by atoms with Crippen molar-refractivity contribution in [2.75, 3.05) is 0 Å². The van der Waals surface area contributed by atoms with Crippen molar-refractivity contribution in [2.45, 2.75) is 6.92 Å². The minimum atomic E-state index is -0.0596. The highest BCUT2D eigenvalue weighted by atomic mass is 16.1. The van der Waals surface area contributed by atoms with Crippen LogP contribution < -0.4 is 5.56 Å². The van der Waals surface area contributed by atoms with Crippen molar-refractivity contribution in [1.82, 2.24) is 9.97 Å². The Balaban J connectivity index is 3.06. The van der Waals surface area contributed by atoms with Crippen LogP contribution >= 0.6 is 0 Å². The third-order valence-electron chi connectivity index (χ3n) is 1.82. The Kier molecular flexibility index (Phi) is 1.12. The van der Waals surface area contributed by atoms with Crippen LogP contribution in [-0.4, -0.2) is 9.97 Å². The molecule has 3 nitrogen and oxygen atoms in total. The van der Waals surface area contributed by atoms with E-state index in [1.807, 2.05) is 19.2 Å². The largest absolute Gasteiger partial charge is 0.356 e. The van der Waals surface area contributed by atoms with Gasteiger partial charge < -0.3 is 9.97 Å². The van der Waals surface area contributed by atoms with Crippen molar-refractivity contribution in [3.8, 4) is 0 Å². The lowest BCUT2D eigenvalue weighted by molar-refractivity contribution is 1.26. The van der Waals surface area contributed by atoms with Crippen LogP contribution in [0.15, 0.2) is 23.3 Å². The molecule has 0 saturated heterocycles. The van der Waals surface area contributed by atoms with Crippen LogP contribution in [0.2, 0.25) is 0 Å². The predicted octanol–water partition coefficient (Wildman–Crippen LogP) is 1.16. The molecule has 0 bridgehead atoms. The first kappa shape index (κ1) is 6.22. The number of aryl methyl sites for hydroxylation is 1. The first-order chi connectivity index (χ1) is 5.29. The average Bonchev–Trinajstić information content (AvgIpc) is 2.35. The molecule has 0 spiro atoms. The van der Waals surface area contributed by atoms with Gasteiger partial charge >= 0.3 is 0 Å². The second kappa shape index (κ2) is 1.99. The fourth-order valence-electron chi connectivity index (χ4n) is 1.21. The monoisotopic (exact) mass is 148 g/mol. The summed E-state index contributed by atoms with van der Waals surface area (Å²) in [5.41, 5.74) is 1.70.